The van der Waals surface area contributed by atoms with Gasteiger partial charge in [0.05, 0.1) is 24.5 Å². The van der Waals surface area contributed by atoms with Crippen LogP contribution >= 0.6 is 27.7 Å². The molecule has 0 unspecified atom stereocenters. The van der Waals surface area contributed by atoms with Gasteiger partial charge in [0.25, 0.3) is 0 Å². The number of nitrogens with zero attached hydrogens (tertiary/aromatic N) is 4. The first-order chi connectivity index (χ1) is 10.7. The van der Waals surface area contributed by atoms with Gasteiger partial charge in [0, 0.05) is 9.37 Å². The summed E-state index contributed by atoms with van der Waals surface area (Å²) in [5.74, 6) is 1.12. The number of hydrogen-bond acceptors (Lipinski definition) is 6. The maximum absolute atomic E-state index is 11.9. The minimum atomic E-state index is -0.345. The Bertz CT molecular complexity index is 687. The van der Waals surface area contributed by atoms with Crippen LogP contribution in [0.25, 0.3) is 0 Å². The molecule has 3 rings (SSSR count). The Balaban J connectivity index is 1.76. The van der Waals surface area contributed by atoms with Crippen molar-refractivity contribution in [1.29, 1.82) is 0 Å². The predicted molar refractivity (Wildman–Crippen MR) is 85.7 cm³/mol. The number of carbonyl (C=O) groups excluding carboxylic acids is 1. The van der Waals surface area contributed by atoms with Gasteiger partial charge in [-0.05, 0) is 47.9 Å². The van der Waals surface area contributed by atoms with E-state index in [0.29, 0.717) is 17.4 Å². The average molecular weight is 383 g/mol. The van der Waals surface area contributed by atoms with Gasteiger partial charge in [-0.25, -0.2) is 9.48 Å². The fraction of sp³-hybridized carbons (Fsp3) is 0.429. The molecule has 22 heavy (non-hydrogen) atoms. The van der Waals surface area contributed by atoms with E-state index in [9.17, 15) is 4.79 Å². The molecule has 0 atom stereocenters. The van der Waals surface area contributed by atoms with Gasteiger partial charge in [0.15, 0.2) is 5.82 Å². The number of rotatable bonds is 5. The molecule has 0 spiro atoms. The van der Waals surface area contributed by atoms with Crippen molar-refractivity contribution in [2.75, 3.05) is 7.11 Å². The van der Waals surface area contributed by atoms with E-state index in [4.69, 9.17) is 4.74 Å². The lowest BCUT2D eigenvalue weighted by Crippen LogP contribution is -2.20. The van der Waals surface area contributed by atoms with Crippen LogP contribution < -0.4 is 0 Å². The van der Waals surface area contributed by atoms with E-state index in [-0.39, 0.29) is 5.97 Å². The van der Waals surface area contributed by atoms with Crippen molar-refractivity contribution in [3.63, 3.8) is 0 Å². The quantitative estimate of drug-likeness (QED) is 0.583. The molecule has 2 aromatic rings. The zero-order valence-electron chi connectivity index (χ0n) is 12.0. The molecule has 0 amide bonds. The summed E-state index contributed by atoms with van der Waals surface area (Å²) in [6.07, 6.45) is 3.50. The van der Waals surface area contributed by atoms with E-state index in [1.165, 1.54) is 25.3 Å². The van der Waals surface area contributed by atoms with Crippen LogP contribution in [-0.2, 0) is 10.5 Å². The van der Waals surface area contributed by atoms with Crippen LogP contribution in [0.3, 0.4) is 0 Å². The van der Waals surface area contributed by atoms with Crippen molar-refractivity contribution in [3.05, 3.63) is 34.1 Å². The Morgan fingerprint density at radius 2 is 2.32 bits per heavy atom. The van der Waals surface area contributed by atoms with E-state index in [1.54, 1.807) is 6.07 Å². The SMILES string of the molecule is COC(=O)c1cc(Br)ccc1SCc1nnnn1C1CCC1. The number of aromatic nitrogens is 4. The van der Waals surface area contributed by atoms with E-state index < -0.39 is 0 Å². The first-order valence-electron chi connectivity index (χ1n) is 6.96. The summed E-state index contributed by atoms with van der Waals surface area (Å²) in [6, 6.07) is 6.00. The highest BCUT2D eigenvalue weighted by molar-refractivity contribution is 9.10. The first kappa shape index (κ1) is 15.5. The summed E-state index contributed by atoms with van der Waals surface area (Å²) < 4.78 is 7.59. The third kappa shape index (κ3) is 3.17. The number of tetrazole rings is 1. The summed E-state index contributed by atoms with van der Waals surface area (Å²) in [6.45, 7) is 0. The van der Waals surface area contributed by atoms with Crippen LogP contribution in [0.5, 0.6) is 0 Å². The molecule has 0 N–H and O–H groups in total. The van der Waals surface area contributed by atoms with Crippen molar-refractivity contribution in [2.24, 2.45) is 0 Å². The van der Waals surface area contributed by atoms with Gasteiger partial charge in [-0.1, -0.05) is 15.9 Å². The molecule has 0 radical (unpaired) electrons. The average Bonchev–Trinajstić information content (AvgIpc) is 2.91. The number of methoxy groups -OCH3 is 1. The van der Waals surface area contributed by atoms with Crippen LogP contribution in [0.2, 0.25) is 0 Å². The van der Waals surface area contributed by atoms with Gasteiger partial charge in [0.1, 0.15) is 0 Å². The van der Waals surface area contributed by atoms with E-state index in [2.05, 4.69) is 31.5 Å². The number of benzene rings is 1. The van der Waals surface area contributed by atoms with Crippen LogP contribution in [0.15, 0.2) is 27.6 Å². The minimum Gasteiger partial charge on any atom is -0.465 e. The number of carbonyl (C=O) groups is 1. The van der Waals surface area contributed by atoms with Gasteiger partial charge in [0.2, 0.25) is 0 Å². The molecular formula is C14H15BrN4O2S. The molecule has 0 saturated heterocycles. The van der Waals surface area contributed by atoms with Crippen molar-refractivity contribution in [3.8, 4) is 0 Å². The van der Waals surface area contributed by atoms with Crippen LogP contribution in [-0.4, -0.2) is 33.3 Å². The molecule has 0 bridgehead atoms. The molecule has 116 valence electrons. The lowest BCUT2D eigenvalue weighted by Gasteiger charge is -2.25. The van der Waals surface area contributed by atoms with Gasteiger partial charge in [-0.2, -0.15) is 0 Å². The second kappa shape index (κ2) is 6.78. The van der Waals surface area contributed by atoms with Crippen LogP contribution in [0, 0.1) is 0 Å². The summed E-state index contributed by atoms with van der Waals surface area (Å²) >= 11 is 4.92. The van der Waals surface area contributed by atoms with Crippen molar-refractivity contribution in [1.82, 2.24) is 20.2 Å². The van der Waals surface area contributed by atoms with E-state index in [1.807, 2.05) is 16.8 Å². The van der Waals surface area contributed by atoms with Crippen molar-refractivity contribution < 1.29 is 9.53 Å². The highest BCUT2D eigenvalue weighted by Gasteiger charge is 2.24. The Morgan fingerprint density at radius 3 is 3.00 bits per heavy atom. The Labute approximate surface area is 140 Å². The van der Waals surface area contributed by atoms with E-state index >= 15 is 0 Å². The fourth-order valence-electron chi connectivity index (χ4n) is 2.26. The molecular weight excluding hydrogens is 368 g/mol. The maximum atomic E-state index is 11.9. The predicted octanol–water partition coefficient (Wildman–Crippen LogP) is 3.24. The number of thioether (sulfide) groups is 1. The smallest absolute Gasteiger partial charge is 0.339 e. The number of hydrogen-bond donors (Lipinski definition) is 0. The Hall–Kier alpha value is -1.41. The Morgan fingerprint density at radius 1 is 1.50 bits per heavy atom. The first-order valence-corrected chi connectivity index (χ1v) is 8.74. The van der Waals surface area contributed by atoms with E-state index in [0.717, 1.165) is 28.0 Å². The molecule has 6 nitrogen and oxygen atoms in total. The molecule has 1 aliphatic carbocycles. The summed E-state index contributed by atoms with van der Waals surface area (Å²) in [4.78, 5) is 12.7. The van der Waals surface area contributed by atoms with Gasteiger partial charge >= 0.3 is 5.97 Å². The summed E-state index contributed by atoms with van der Waals surface area (Å²) in [5.41, 5.74) is 0.546. The Kier molecular flexibility index (Phi) is 4.77. The normalized spacial score (nSPS) is 14.6. The largest absolute Gasteiger partial charge is 0.465 e. The minimum absolute atomic E-state index is 0.345. The van der Waals surface area contributed by atoms with Crippen LogP contribution in [0.4, 0.5) is 0 Å². The third-order valence-electron chi connectivity index (χ3n) is 3.69. The van der Waals surface area contributed by atoms with Crippen molar-refractivity contribution >= 4 is 33.7 Å². The lowest BCUT2D eigenvalue weighted by atomic mass is 9.93. The van der Waals surface area contributed by atoms with Gasteiger partial charge < -0.3 is 4.74 Å². The summed E-state index contributed by atoms with van der Waals surface area (Å²) in [5, 5.41) is 12.0. The summed E-state index contributed by atoms with van der Waals surface area (Å²) in [7, 11) is 1.38. The molecule has 1 aromatic heterocycles. The van der Waals surface area contributed by atoms with Crippen LogP contribution in [0.1, 0.15) is 41.5 Å². The molecule has 1 fully saturated rings. The third-order valence-corrected chi connectivity index (χ3v) is 5.25. The molecule has 8 heteroatoms. The topological polar surface area (TPSA) is 69.9 Å². The fourth-order valence-corrected chi connectivity index (χ4v) is 3.56. The van der Waals surface area contributed by atoms with Crippen molar-refractivity contribution in [2.45, 2.75) is 36.0 Å². The second-order valence-corrected chi connectivity index (χ2v) is 6.98. The number of ether oxygens (including phenoxy) is 1. The highest BCUT2D eigenvalue weighted by Crippen LogP contribution is 2.33. The zero-order chi connectivity index (χ0) is 15.5. The molecule has 1 saturated carbocycles. The highest BCUT2D eigenvalue weighted by atomic mass is 79.9. The second-order valence-electron chi connectivity index (χ2n) is 5.05. The lowest BCUT2D eigenvalue weighted by molar-refractivity contribution is 0.0596. The standard InChI is InChI=1S/C14H15BrN4O2S/c1-21-14(20)11-7-9(15)5-6-12(11)22-8-13-16-17-18-19(13)10-3-2-4-10/h5-7,10H,2-4,8H2,1H3. The number of halogens is 1. The molecule has 1 aromatic carbocycles. The molecule has 1 heterocycles. The zero-order valence-corrected chi connectivity index (χ0v) is 14.4. The van der Waals surface area contributed by atoms with Gasteiger partial charge in [-0.15, -0.1) is 16.9 Å². The maximum Gasteiger partial charge on any atom is 0.339 e. The molecule has 1 aliphatic rings. The number of esters is 1. The molecule has 0 aliphatic heterocycles. The van der Waals surface area contributed by atoms with Gasteiger partial charge in [-0.3, -0.25) is 0 Å². The monoisotopic (exact) mass is 382 g/mol.